The predicted molar refractivity (Wildman–Crippen MR) is 93.0 cm³/mol. The molecule has 4 heterocycles. The number of amides is 1. The number of anilines is 2. The summed E-state index contributed by atoms with van der Waals surface area (Å²) in [4.78, 5) is 25.6. The monoisotopic (exact) mass is 365 g/mol. The number of nitrogens with zero attached hydrogens (tertiary/aromatic N) is 4. The number of hydrogen-bond donors (Lipinski definition) is 1. The summed E-state index contributed by atoms with van der Waals surface area (Å²) in [6, 6.07) is 5.50. The zero-order valence-corrected chi connectivity index (χ0v) is 14.4. The van der Waals surface area contributed by atoms with Crippen LogP contribution < -0.4 is 15.8 Å². The molecular formula is C15H16ClN5O2S. The zero-order valence-electron chi connectivity index (χ0n) is 12.8. The minimum Gasteiger partial charge on any atom is -0.346 e. The van der Waals surface area contributed by atoms with Crippen molar-refractivity contribution >= 4 is 39.1 Å². The zero-order chi connectivity index (χ0) is 16.7. The first-order valence-electron chi connectivity index (χ1n) is 7.78. The largest absolute Gasteiger partial charge is 0.346 e. The van der Waals surface area contributed by atoms with Crippen LogP contribution in [0, 0.1) is 5.92 Å². The van der Waals surface area contributed by atoms with Crippen molar-refractivity contribution in [2.24, 2.45) is 5.92 Å². The van der Waals surface area contributed by atoms with Gasteiger partial charge in [-0.15, -0.1) is 21.8 Å². The van der Waals surface area contributed by atoms with Crippen LogP contribution in [0.4, 0.5) is 10.3 Å². The Labute approximate surface area is 147 Å². The predicted octanol–water partition coefficient (Wildman–Crippen LogP) is 1.50. The molecule has 1 saturated heterocycles. The van der Waals surface area contributed by atoms with Gasteiger partial charge in [0.2, 0.25) is 16.2 Å². The van der Waals surface area contributed by atoms with E-state index in [-0.39, 0.29) is 17.3 Å². The Morgan fingerprint density at radius 1 is 1.33 bits per heavy atom. The van der Waals surface area contributed by atoms with Gasteiger partial charge in [0.25, 0.3) is 5.56 Å². The second kappa shape index (κ2) is 6.18. The maximum absolute atomic E-state index is 12.1. The Morgan fingerprint density at radius 3 is 3.04 bits per heavy atom. The Hall–Kier alpha value is -1.93. The Balaban J connectivity index is 1.56. The lowest BCUT2D eigenvalue weighted by Crippen LogP contribution is -2.47. The third kappa shape index (κ3) is 2.80. The van der Waals surface area contributed by atoms with Crippen molar-refractivity contribution in [3.05, 3.63) is 34.2 Å². The summed E-state index contributed by atoms with van der Waals surface area (Å²) in [5.74, 6) is 0.342. The maximum Gasteiger partial charge on any atom is 0.250 e. The SMILES string of the molecule is O=C(CCl)Nc1nnc(N2C[C@H]3C[C@@H](C2)c2cccc(=O)n2C3)s1. The number of carbonyl (C=O) groups excluding carboxylic acids is 1. The van der Waals surface area contributed by atoms with Crippen LogP contribution in [-0.4, -0.2) is 39.6 Å². The maximum atomic E-state index is 12.1. The number of fused-ring (bicyclic) bond motifs is 4. The van der Waals surface area contributed by atoms with E-state index in [1.54, 1.807) is 6.07 Å². The lowest BCUT2D eigenvalue weighted by atomic mass is 9.83. The fraction of sp³-hybridized carbons (Fsp3) is 0.467. The number of alkyl halides is 1. The summed E-state index contributed by atoms with van der Waals surface area (Å²) >= 11 is 6.84. The molecule has 126 valence electrons. The average molecular weight is 366 g/mol. The minimum atomic E-state index is -0.289. The first-order chi connectivity index (χ1) is 11.6. The molecule has 24 heavy (non-hydrogen) atoms. The minimum absolute atomic E-state index is 0.0811. The molecule has 4 rings (SSSR count). The molecule has 2 aliphatic heterocycles. The van der Waals surface area contributed by atoms with Gasteiger partial charge < -0.3 is 9.47 Å². The average Bonchev–Trinajstić information content (AvgIpc) is 3.04. The van der Waals surface area contributed by atoms with E-state index in [0.29, 0.717) is 17.0 Å². The molecule has 0 saturated carbocycles. The van der Waals surface area contributed by atoms with Crippen molar-refractivity contribution in [3.8, 4) is 0 Å². The first kappa shape index (κ1) is 15.6. The molecule has 7 nitrogen and oxygen atoms in total. The van der Waals surface area contributed by atoms with E-state index < -0.39 is 0 Å². The molecule has 1 amide bonds. The van der Waals surface area contributed by atoms with Crippen LogP contribution in [-0.2, 0) is 11.3 Å². The molecule has 2 bridgehead atoms. The fourth-order valence-electron chi connectivity index (χ4n) is 3.60. The highest BCUT2D eigenvalue weighted by molar-refractivity contribution is 7.19. The van der Waals surface area contributed by atoms with Crippen LogP contribution in [0.15, 0.2) is 23.0 Å². The number of piperidine rings is 1. The topological polar surface area (TPSA) is 80.1 Å². The third-order valence-electron chi connectivity index (χ3n) is 4.53. The van der Waals surface area contributed by atoms with Crippen molar-refractivity contribution < 1.29 is 4.79 Å². The Morgan fingerprint density at radius 2 is 2.21 bits per heavy atom. The molecule has 0 spiro atoms. The van der Waals surface area contributed by atoms with Crippen molar-refractivity contribution in [1.29, 1.82) is 0 Å². The number of rotatable bonds is 3. The molecule has 1 fully saturated rings. The summed E-state index contributed by atoms with van der Waals surface area (Å²) in [6.07, 6.45) is 1.09. The van der Waals surface area contributed by atoms with Crippen LogP contribution in [0.2, 0.25) is 0 Å². The number of halogens is 1. The standard InChI is InChI=1S/C15H16ClN5O2S/c16-5-12(22)17-14-18-19-15(24-14)20-6-9-4-10(8-20)11-2-1-3-13(23)21(11)7-9/h1-3,9-10H,4-8H2,(H,17,18,22)/t9-,10+/m1/s1. The molecule has 2 aromatic rings. The normalized spacial score (nSPS) is 22.1. The van der Waals surface area contributed by atoms with E-state index >= 15 is 0 Å². The summed E-state index contributed by atoms with van der Waals surface area (Å²) in [6.45, 7) is 2.39. The van der Waals surface area contributed by atoms with Crippen molar-refractivity contribution in [2.75, 3.05) is 29.2 Å². The highest BCUT2D eigenvalue weighted by Crippen LogP contribution is 2.38. The Kier molecular flexibility index (Phi) is 4.01. The molecule has 2 aliphatic rings. The van der Waals surface area contributed by atoms with Gasteiger partial charge in [0.05, 0.1) is 0 Å². The van der Waals surface area contributed by atoms with Gasteiger partial charge in [-0.05, 0) is 18.4 Å². The highest BCUT2D eigenvalue weighted by Gasteiger charge is 2.35. The van der Waals surface area contributed by atoms with Gasteiger partial charge in [-0.2, -0.15) is 0 Å². The van der Waals surface area contributed by atoms with E-state index in [0.717, 1.165) is 36.9 Å². The molecule has 0 aliphatic carbocycles. The van der Waals surface area contributed by atoms with Crippen molar-refractivity contribution in [1.82, 2.24) is 14.8 Å². The Bertz CT molecular complexity index is 835. The number of hydrogen-bond acceptors (Lipinski definition) is 6. The van der Waals surface area contributed by atoms with Gasteiger partial charge >= 0.3 is 0 Å². The van der Waals surface area contributed by atoms with E-state index in [4.69, 9.17) is 11.6 Å². The number of nitrogens with one attached hydrogen (secondary N) is 1. The van der Waals surface area contributed by atoms with Gasteiger partial charge in [0, 0.05) is 37.3 Å². The van der Waals surface area contributed by atoms with Gasteiger partial charge in [-0.3, -0.25) is 14.9 Å². The third-order valence-corrected chi connectivity index (χ3v) is 5.67. The van der Waals surface area contributed by atoms with Crippen molar-refractivity contribution in [2.45, 2.75) is 18.9 Å². The van der Waals surface area contributed by atoms with E-state index in [9.17, 15) is 9.59 Å². The fourth-order valence-corrected chi connectivity index (χ4v) is 4.45. The summed E-state index contributed by atoms with van der Waals surface area (Å²) in [5, 5.41) is 12.1. The lowest BCUT2D eigenvalue weighted by molar-refractivity contribution is -0.113. The van der Waals surface area contributed by atoms with E-state index in [1.807, 2.05) is 16.7 Å². The van der Waals surface area contributed by atoms with Gasteiger partial charge in [0.1, 0.15) is 5.88 Å². The van der Waals surface area contributed by atoms with E-state index in [1.165, 1.54) is 11.3 Å². The summed E-state index contributed by atoms with van der Waals surface area (Å²) in [5.41, 5.74) is 1.18. The molecule has 9 heteroatoms. The summed E-state index contributed by atoms with van der Waals surface area (Å²) < 4.78 is 1.91. The first-order valence-corrected chi connectivity index (χ1v) is 9.13. The van der Waals surface area contributed by atoms with Crippen LogP contribution >= 0.6 is 22.9 Å². The molecule has 0 radical (unpaired) electrons. The molecule has 0 unspecified atom stereocenters. The molecule has 2 aromatic heterocycles. The van der Waals surface area contributed by atoms with Crippen molar-refractivity contribution in [3.63, 3.8) is 0 Å². The van der Waals surface area contributed by atoms with Gasteiger partial charge in [-0.25, -0.2) is 0 Å². The molecule has 2 atom stereocenters. The quantitative estimate of drug-likeness (QED) is 0.834. The second-order valence-electron chi connectivity index (χ2n) is 6.17. The number of aromatic nitrogens is 3. The van der Waals surface area contributed by atoms with Crippen LogP contribution in [0.3, 0.4) is 0 Å². The van der Waals surface area contributed by atoms with E-state index in [2.05, 4.69) is 20.4 Å². The molecule has 0 aromatic carbocycles. The summed E-state index contributed by atoms with van der Waals surface area (Å²) in [7, 11) is 0. The second-order valence-corrected chi connectivity index (χ2v) is 7.40. The van der Waals surface area contributed by atoms with Crippen LogP contribution in [0.5, 0.6) is 0 Å². The van der Waals surface area contributed by atoms with Gasteiger partial charge in [0.15, 0.2) is 0 Å². The number of carbonyl (C=O) groups is 1. The highest BCUT2D eigenvalue weighted by atomic mass is 35.5. The lowest BCUT2D eigenvalue weighted by Gasteiger charge is -2.42. The van der Waals surface area contributed by atoms with Crippen LogP contribution in [0.25, 0.3) is 0 Å². The molecule has 1 N–H and O–H groups in total. The molecular weight excluding hydrogens is 350 g/mol. The number of pyridine rings is 1. The van der Waals surface area contributed by atoms with Crippen LogP contribution in [0.1, 0.15) is 18.0 Å². The van der Waals surface area contributed by atoms with Gasteiger partial charge in [-0.1, -0.05) is 17.4 Å². The smallest absolute Gasteiger partial charge is 0.250 e.